The fourth-order valence-corrected chi connectivity index (χ4v) is 7.75. The van der Waals surface area contributed by atoms with Crippen LogP contribution in [0.1, 0.15) is 57.8 Å². The second-order valence-corrected chi connectivity index (χ2v) is 13.4. The number of aryl methyl sites for hydroxylation is 1. The lowest BCUT2D eigenvalue weighted by Crippen LogP contribution is -2.29. The summed E-state index contributed by atoms with van der Waals surface area (Å²) in [7, 11) is 0. The molecule has 0 bridgehead atoms. The van der Waals surface area contributed by atoms with Gasteiger partial charge in [-0.05, 0) is 69.3 Å². The van der Waals surface area contributed by atoms with E-state index in [9.17, 15) is 9.59 Å². The highest BCUT2D eigenvalue weighted by Crippen LogP contribution is 2.48. The molecule has 1 aliphatic rings. The van der Waals surface area contributed by atoms with Crippen LogP contribution in [0.3, 0.4) is 0 Å². The van der Waals surface area contributed by atoms with Crippen molar-refractivity contribution in [2.24, 2.45) is 0 Å². The zero-order valence-electron chi connectivity index (χ0n) is 26.4. The average molecular weight is 610 g/mol. The van der Waals surface area contributed by atoms with E-state index in [1.165, 1.54) is 5.39 Å². The van der Waals surface area contributed by atoms with Crippen LogP contribution >= 0.6 is 0 Å². The number of carbonyl (C=O) groups excluding carboxylic acids is 2. The van der Waals surface area contributed by atoms with Gasteiger partial charge in [0.15, 0.2) is 11.6 Å². The van der Waals surface area contributed by atoms with Gasteiger partial charge >= 0.3 is 0 Å². The Labute approximate surface area is 271 Å². The highest BCUT2D eigenvalue weighted by molar-refractivity contribution is 6.26. The molecule has 0 aliphatic heterocycles. The van der Waals surface area contributed by atoms with Crippen LogP contribution in [-0.4, -0.2) is 25.7 Å². The van der Waals surface area contributed by atoms with Crippen molar-refractivity contribution in [2.75, 3.05) is 0 Å². The molecule has 0 radical (unpaired) electrons. The van der Waals surface area contributed by atoms with E-state index < -0.39 is 5.41 Å². The Balaban J connectivity index is 1.45. The molecule has 5 heteroatoms. The summed E-state index contributed by atoms with van der Waals surface area (Å²) in [6, 6.07) is 38.7. The van der Waals surface area contributed by atoms with Crippen LogP contribution in [0.2, 0.25) is 0 Å². The third-order valence-electron chi connectivity index (χ3n) is 9.86. The van der Waals surface area contributed by atoms with Gasteiger partial charge in [0, 0.05) is 29.3 Å². The van der Waals surface area contributed by atoms with E-state index in [2.05, 4.69) is 66.9 Å². The van der Waals surface area contributed by atoms with Gasteiger partial charge in [0.2, 0.25) is 0 Å². The Morgan fingerprint density at radius 2 is 1.40 bits per heavy atom. The van der Waals surface area contributed by atoms with Crippen LogP contribution in [0.4, 0.5) is 0 Å². The number of aromatic nitrogens is 3. The molecule has 0 spiro atoms. The Bertz CT molecular complexity index is 2620. The molecule has 9 rings (SSSR count). The van der Waals surface area contributed by atoms with E-state index in [4.69, 9.17) is 5.10 Å². The smallest absolute Gasteiger partial charge is 0.194 e. The van der Waals surface area contributed by atoms with E-state index in [1.807, 2.05) is 84.4 Å². The first kappa shape index (κ1) is 27.5. The van der Waals surface area contributed by atoms with E-state index >= 15 is 0 Å². The quantitative estimate of drug-likeness (QED) is 0.187. The van der Waals surface area contributed by atoms with Gasteiger partial charge in [0.05, 0.1) is 27.8 Å². The molecule has 0 atom stereocenters. The molecular formula is C42H31N3O2. The largest absolute Gasteiger partial charge is 0.299 e. The number of hydrogen-bond donors (Lipinski definition) is 0. The molecular weight excluding hydrogens is 578 g/mol. The zero-order chi connectivity index (χ0) is 32.0. The van der Waals surface area contributed by atoms with E-state index in [1.54, 1.807) is 0 Å². The molecule has 0 unspecified atom stereocenters. The minimum absolute atomic E-state index is 0.0199. The van der Waals surface area contributed by atoms with Crippen molar-refractivity contribution in [3.8, 4) is 16.8 Å². The lowest BCUT2D eigenvalue weighted by atomic mass is 9.71. The second-order valence-electron chi connectivity index (χ2n) is 13.4. The first-order valence-electron chi connectivity index (χ1n) is 16.0. The molecule has 0 amide bonds. The summed E-state index contributed by atoms with van der Waals surface area (Å²) in [6.45, 7) is 6.22. The Morgan fingerprint density at radius 3 is 2.13 bits per heavy atom. The lowest BCUT2D eigenvalue weighted by Gasteiger charge is -2.31. The molecule has 0 N–H and O–H groups in total. The maximum Gasteiger partial charge on any atom is 0.194 e. The predicted molar refractivity (Wildman–Crippen MR) is 189 cm³/mol. The molecule has 0 fully saturated rings. The van der Waals surface area contributed by atoms with Gasteiger partial charge < -0.3 is 0 Å². The number of nitrogens with zero attached hydrogens (tertiary/aromatic N) is 3. The summed E-state index contributed by atoms with van der Waals surface area (Å²) < 4.78 is 4.05. The third-order valence-corrected chi connectivity index (χ3v) is 9.86. The van der Waals surface area contributed by atoms with Crippen molar-refractivity contribution in [1.82, 2.24) is 14.2 Å². The van der Waals surface area contributed by atoms with Crippen molar-refractivity contribution in [3.05, 3.63) is 149 Å². The second kappa shape index (κ2) is 9.84. The van der Waals surface area contributed by atoms with Crippen LogP contribution < -0.4 is 0 Å². The molecule has 3 heterocycles. The molecule has 47 heavy (non-hydrogen) atoms. The molecule has 226 valence electrons. The van der Waals surface area contributed by atoms with Crippen LogP contribution in [-0.2, 0) is 5.41 Å². The highest BCUT2D eigenvalue weighted by atomic mass is 16.1. The zero-order valence-corrected chi connectivity index (χ0v) is 26.4. The number of carbonyl (C=O) groups is 2. The van der Waals surface area contributed by atoms with E-state index in [-0.39, 0.29) is 11.6 Å². The van der Waals surface area contributed by atoms with Crippen LogP contribution in [0.15, 0.2) is 121 Å². The fraction of sp³-hybridized carbons (Fsp3) is 0.119. The number of hydrogen-bond acceptors (Lipinski definition) is 3. The maximum absolute atomic E-state index is 14.9. The van der Waals surface area contributed by atoms with E-state index in [0.717, 1.165) is 49.7 Å². The first-order chi connectivity index (χ1) is 22.8. The Hall–Kier alpha value is -5.81. The monoisotopic (exact) mass is 609 g/mol. The van der Waals surface area contributed by atoms with Crippen LogP contribution in [0, 0.1) is 6.92 Å². The van der Waals surface area contributed by atoms with Crippen molar-refractivity contribution >= 4 is 49.7 Å². The summed E-state index contributed by atoms with van der Waals surface area (Å²) in [6.07, 6.45) is 2.46. The SMILES string of the molecule is Cc1nn(-c2ccccc2)c2c1c(C(=O)c1ccc3ccccc3c1)c1c3c(c(-c4ccc5ccccc5c4)cn32)C(C)(C)CC1=O. The van der Waals surface area contributed by atoms with Crippen molar-refractivity contribution < 1.29 is 9.59 Å². The number of benzene rings is 5. The summed E-state index contributed by atoms with van der Waals surface area (Å²) >= 11 is 0. The van der Waals surface area contributed by atoms with Gasteiger partial charge in [-0.15, -0.1) is 0 Å². The summed E-state index contributed by atoms with van der Waals surface area (Å²) in [4.78, 5) is 29.3. The third kappa shape index (κ3) is 3.99. The molecule has 5 aromatic carbocycles. The van der Waals surface area contributed by atoms with Crippen molar-refractivity contribution in [2.45, 2.75) is 32.6 Å². The molecule has 8 aromatic rings. The van der Waals surface area contributed by atoms with Crippen molar-refractivity contribution in [1.29, 1.82) is 0 Å². The minimum atomic E-state index is -0.469. The molecule has 5 nitrogen and oxygen atoms in total. The highest BCUT2D eigenvalue weighted by Gasteiger charge is 2.41. The maximum atomic E-state index is 14.9. The van der Waals surface area contributed by atoms with Gasteiger partial charge in [-0.1, -0.05) is 105 Å². The van der Waals surface area contributed by atoms with Gasteiger partial charge in [-0.25, -0.2) is 4.68 Å². The van der Waals surface area contributed by atoms with Gasteiger partial charge in [0.25, 0.3) is 0 Å². The Kier molecular flexibility index (Phi) is 5.76. The Morgan fingerprint density at radius 1 is 0.766 bits per heavy atom. The number of Topliss-reactive ketones (excluding diaryl/α,β-unsaturated/α-hetero) is 1. The van der Waals surface area contributed by atoms with Crippen molar-refractivity contribution in [3.63, 3.8) is 0 Å². The summed E-state index contributed by atoms with van der Waals surface area (Å²) in [5.74, 6) is -0.185. The lowest BCUT2D eigenvalue weighted by molar-refractivity contribution is 0.0943. The van der Waals surface area contributed by atoms with Gasteiger partial charge in [0.1, 0.15) is 5.65 Å². The van der Waals surface area contributed by atoms with E-state index in [0.29, 0.717) is 34.2 Å². The van der Waals surface area contributed by atoms with Crippen LogP contribution in [0.5, 0.6) is 0 Å². The number of rotatable bonds is 4. The molecule has 0 saturated carbocycles. The normalized spacial score (nSPS) is 14.1. The molecule has 3 aromatic heterocycles. The average Bonchev–Trinajstić information content (AvgIpc) is 3.66. The minimum Gasteiger partial charge on any atom is -0.299 e. The standard InChI is InChI=1S/C42H31N3O2/c1-25-35-37(40(47)31-20-18-27-12-8-10-14-29(27)22-31)36-34(46)23-42(2,3)38-33(30-19-17-26-11-7-9-13-28(26)21-30)24-44(39(36)38)41(35)45(43-25)32-15-5-4-6-16-32/h4-22,24H,23H2,1-3H3. The predicted octanol–water partition coefficient (Wildman–Crippen LogP) is 9.66. The summed E-state index contributed by atoms with van der Waals surface area (Å²) in [5, 5.41) is 10.1. The molecule has 1 aliphatic carbocycles. The molecule has 0 saturated heterocycles. The van der Waals surface area contributed by atoms with Gasteiger partial charge in [-0.3, -0.25) is 14.0 Å². The van der Waals surface area contributed by atoms with Gasteiger partial charge in [-0.2, -0.15) is 5.10 Å². The van der Waals surface area contributed by atoms with Crippen LogP contribution in [0.25, 0.3) is 54.9 Å². The number of pyridine rings is 1. The fourth-order valence-electron chi connectivity index (χ4n) is 7.75. The number of ketones is 2. The first-order valence-corrected chi connectivity index (χ1v) is 16.0. The number of para-hydroxylation sites is 1. The topological polar surface area (TPSA) is 56.4 Å². The summed E-state index contributed by atoms with van der Waals surface area (Å²) in [5.41, 5.74) is 7.38. The number of fused-ring (bicyclic) bond motifs is 4.